The van der Waals surface area contributed by atoms with Crippen LogP contribution in [0.2, 0.25) is 10.0 Å². The fourth-order valence-corrected chi connectivity index (χ4v) is 7.45. The van der Waals surface area contributed by atoms with Crippen molar-refractivity contribution in [2.24, 2.45) is 5.92 Å². The number of halogens is 2. The van der Waals surface area contributed by atoms with Crippen molar-refractivity contribution in [1.29, 1.82) is 0 Å². The number of sulfonamides is 1. The lowest BCUT2D eigenvalue weighted by Gasteiger charge is -2.34. The van der Waals surface area contributed by atoms with Crippen molar-refractivity contribution in [3.05, 3.63) is 94.0 Å². The maximum absolute atomic E-state index is 14.1. The molecule has 2 aliphatic heterocycles. The SMILES string of the molecule is O=C(c1ccc(Cl)c(S(=O)(=O)N(Cc2ccccc2)c2ccc(Cl)cc2)c1)N1CCCC(C(=O)N2CCCC2)C1. The molecule has 2 amide bonds. The Morgan fingerprint density at radius 3 is 2.23 bits per heavy atom. The molecule has 7 nitrogen and oxygen atoms in total. The molecule has 0 spiro atoms. The van der Waals surface area contributed by atoms with E-state index in [2.05, 4.69) is 0 Å². The van der Waals surface area contributed by atoms with Crippen LogP contribution in [0.1, 0.15) is 41.6 Å². The molecule has 0 saturated carbocycles. The van der Waals surface area contributed by atoms with Gasteiger partial charge in [0.05, 0.1) is 23.2 Å². The van der Waals surface area contributed by atoms with Crippen molar-refractivity contribution >= 4 is 50.7 Å². The van der Waals surface area contributed by atoms with Gasteiger partial charge in [0.15, 0.2) is 0 Å². The third-order valence-corrected chi connectivity index (χ3v) is 10.0. The number of piperidine rings is 1. The molecule has 5 rings (SSSR count). The summed E-state index contributed by atoms with van der Waals surface area (Å²) in [7, 11) is -4.19. The molecule has 2 saturated heterocycles. The Kier molecular flexibility index (Phi) is 8.68. The number of nitrogens with zero attached hydrogens (tertiary/aromatic N) is 3. The molecule has 2 heterocycles. The Balaban J connectivity index is 1.43. The van der Waals surface area contributed by atoms with Gasteiger partial charge in [-0.1, -0.05) is 53.5 Å². The van der Waals surface area contributed by atoms with E-state index in [4.69, 9.17) is 23.2 Å². The molecule has 3 aromatic carbocycles. The molecule has 10 heteroatoms. The molecule has 2 fully saturated rings. The van der Waals surface area contributed by atoms with Crippen molar-refractivity contribution in [2.45, 2.75) is 37.1 Å². The maximum Gasteiger partial charge on any atom is 0.266 e. The first kappa shape index (κ1) is 28.5. The molecule has 0 N–H and O–H groups in total. The van der Waals surface area contributed by atoms with Gasteiger partial charge >= 0.3 is 0 Å². The molecular formula is C30H31Cl2N3O4S. The van der Waals surface area contributed by atoms with Crippen LogP contribution in [0.25, 0.3) is 0 Å². The molecule has 2 aliphatic rings. The second kappa shape index (κ2) is 12.2. The molecule has 210 valence electrons. The highest BCUT2D eigenvalue weighted by Gasteiger charge is 2.34. The smallest absolute Gasteiger partial charge is 0.266 e. The van der Waals surface area contributed by atoms with Crippen LogP contribution in [-0.4, -0.2) is 56.2 Å². The summed E-state index contributed by atoms with van der Waals surface area (Å²) in [4.78, 5) is 30.0. The minimum absolute atomic E-state index is 0.0179. The van der Waals surface area contributed by atoms with Gasteiger partial charge in [-0.25, -0.2) is 8.42 Å². The Hall–Kier alpha value is -3.07. The van der Waals surface area contributed by atoms with Gasteiger partial charge in [0.2, 0.25) is 5.91 Å². The topological polar surface area (TPSA) is 78.0 Å². The van der Waals surface area contributed by atoms with E-state index >= 15 is 0 Å². The number of carbonyl (C=O) groups is 2. The van der Waals surface area contributed by atoms with Crippen LogP contribution in [0.5, 0.6) is 0 Å². The summed E-state index contributed by atoms with van der Waals surface area (Å²) in [5.74, 6) is -0.445. The summed E-state index contributed by atoms with van der Waals surface area (Å²) in [5, 5.41) is 0.499. The van der Waals surface area contributed by atoms with Crippen LogP contribution < -0.4 is 4.31 Å². The van der Waals surface area contributed by atoms with Crippen molar-refractivity contribution < 1.29 is 18.0 Å². The minimum Gasteiger partial charge on any atom is -0.342 e. The number of amides is 2. The zero-order valence-corrected chi connectivity index (χ0v) is 24.3. The number of likely N-dealkylation sites (tertiary alicyclic amines) is 2. The maximum atomic E-state index is 14.1. The Morgan fingerprint density at radius 1 is 0.850 bits per heavy atom. The van der Waals surface area contributed by atoms with E-state index in [0.717, 1.165) is 44.3 Å². The van der Waals surface area contributed by atoms with E-state index in [1.165, 1.54) is 16.4 Å². The lowest BCUT2D eigenvalue weighted by Crippen LogP contribution is -2.46. The lowest BCUT2D eigenvalue weighted by atomic mass is 9.96. The van der Waals surface area contributed by atoms with E-state index in [-0.39, 0.29) is 39.8 Å². The van der Waals surface area contributed by atoms with E-state index < -0.39 is 10.0 Å². The minimum atomic E-state index is -4.19. The quantitative estimate of drug-likeness (QED) is 0.340. The number of benzene rings is 3. The molecule has 3 aromatic rings. The first-order chi connectivity index (χ1) is 19.2. The molecule has 0 radical (unpaired) electrons. The van der Waals surface area contributed by atoms with Gasteiger partial charge in [-0.05, 0) is 73.7 Å². The van der Waals surface area contributed by atoms with Crippen molar-refractivity contribution in [2.75, 3.05) is 30.5 Å². The molecule has 40 heavy (non-hydrogen) atoms. The Morgan fingerprint density at radius 2 is 1.52 bits per heavy atom. The monoisotopic (exact) mass is 599 g/mol. The van der Waals surface area contributed by atoms with E-state index in [9.17, 15) is 18.0 Å². The number of anilines is 1. The Bertz CT molecular complexity index is 1480. The largest absolute Gasteiger partial charge is 0.342 e. The van der Waals surface area contributed by atoms with Crippen LogP contribution in [0, 0.1) is 5.92 Å². The van der Waals surface area contributed by atoms with Crippen molar-refractivity contribution in [3.63, 3.8) is 0 Å². The lowest BCUT2D eigenvalue weighted by molar-refractivity contribution is -0.135. The van der Waals surface area contributed by atoms with Gasteiger partial charge in [0.1, 0.15) is 4.90 Å². The number of hydrogen-bond donors (Lipinski definition) is 0. The van der Waals surface area contributed by atoms with E-state index in [1.54, 1.807) is 35.2 Å². The molecule has 0 aromatic heterocycles. The first-order valence-electron chi connectivity index (χ1n) is 13.4. The van der Waals surface area contributed by atoms with Crippen molar-refractivity contribution in [1.82, 2.24) is 9.80 Å². The van der Waals surface area contributed by atoms with Gasteiger partial charge in [-0.3, -0.25) is 13.9 Å². The summed E-state index contributed by atoms with van der Waals surface area (Å²) in [6, 6.07) is 20.1. The predicted molar refractivity (Wildman–Crippen MR) is 157 cm³/mol. The molecule has 0 aliphatic carbocycles. The summed E-state index contributed by atoms with van der Waals surface area (Å²) < 4.78 is 29.5. The number of rotatable bonds is 7. The molecule has 0 bridgehead atoms. The van der Waals surface area contributed by atoms with Gasteiger partial charge < -0.3 is 9.80 Å². The highest BCUT2D eigenvalue weighted by molar-refractivity contribution is 7.93. The van der Waals surface area contributed by atoms with Crippen molar-refractivity contribution in [3.8, 4) is 0 Å². The van der Waals surface area contributed by atoms with Crippen LogP contribution in [0.4, 0.5) is 5.69 Å². The second-order valence-electron chi connectivity index (χ2n) is 10.2. The summed E-state index contributed by atoms with van der Waals surface area (Å²) >= 11 is 12.5. The molecule has 1 atom stereocenters. The highest BCUT2D eigenvalue weighted by Crippen LogP contribution is 2.32. The van der Waals surface area contributed by atoms with Gasteiger partial charge in [-0.2, -0.15) is 0 Å². The number of carbonyl (C=O) groups excluding carboxylic acids is 2. The van der Waals surface area contributed by atoms with Gasteiger partial charge in [0.25, 0.3) is 15.9 Å². The summed E-state index contributed by atoms with van der Waals surface area (Å²) in [6.45, 7) is 2.44. The third kappa shape index (κ3) is 6.14. The van der Waals surface area contributed by atoms with Gasteiger partial charge in [0, 0.05) is 36.8 Å². The van der Waals surface area contributed by atoms with Crippen LogP contribution in [-0.2, 0) is 21.4 Å². The molecule has 1 unspecified atom stereocenters. The summed E-state index contributed by atoms with van der Waals surface area (Å²) in [6.07, 6.45) is 3.49. The predicted octanol–water partition coefficient (Wildman–Crippen LogP) is 5.86. The zero-order valence-electron chi connectivity index (χ0n) is 22.0. The molecular weight excluding hydrogens is 569 g/mol. The standard InChI is InChI=1S/C30H31Cl2N3O4S/c31-25-11-13-26(14-12-25)35(20-22-7-2-1-3-8-22)40(38,39)28-19-23(10-15-27(28)32)29(36)34-18-6-9-24(21-34)30(37)33-16-4-5-17-33/h1-3,7-8,10-15,19,24H,4-6,9,16-18,20-21H2. The van der Waals surface area contributed by atoms with Crippen LogP contribution >= 0.6 is 23.2 Å². The van der Waals surface area contributed by atoms with E-state index in [0.29, 0.717) is 23.8 Å². The van der Waals surface area contributed by atoms with Gasteiger partial charge in [-0.15, -0.1) is 0 Å². The number of hydrogen-bond acceptors (Lipinski definition) is 4. The normalized spacial score (nSPS) is 17.6. The second-order valence-corrected chi connectivity index (χ2v) is 12.9. The first-order valence-corrected chi connectivity index (χ1v) is 15.6. The average molecular weight is 601 g/mol. The van der Waals surface area contributed by atoms with Crippen LogP contribution in [0.3, 0.4) is 0 Å². The Labute approximate surface area is 245 Å². The highest BCUT2D eigenvalue weighted by atomic mass is 35.5. The fraction of sp³-hybridized carbons (Fsp3) is 0.333. The fourth-order valence-electron chi connectivity index (χ4n) is 5.37. The van der Waals surface area contributed by atoms with E-state index in [1.807, 2.05) is 35.2 Å². The summed E-state index contributed by atoms with van der Waals surface area (Å²) in [5.41, 5.74) is 1.42. The van der Waals surface area contributed by atoms with Crippen LogP contribution in [0.15, 0.2) is 77.7 Å². The average Bonchev–Trinajstić information content (AvgIpc) is 3.52. The third-order valence-electron chi connectivity index (χ3n) is 7.51. The zero-order chi connectivity index (χ0) is 28.3.